The van der Waals surface area contributed by atoms with Crippen molar-refractivity contribution >= 4 is 0 Å². The van der Waals surface area contributed by atoms with Gasteiger partial charge in [0.15, 0.2) is 0 Å². The average Bonchev–Trinajstić information content (AvgIpc) is 2.41. The van der Waals surface area contributed by atoms with E-state index in [0.717, 1.165) is 25.4 Å². The molecule has 19 heavy (non-hydrogen) atoms. The Morgan fingerprint density at radius 2 is 2.11 bits per heavy atom. The van der Waals surface area contributed by atoms with Crippen molar-refractivity contribution in [3.05, 3.63) is 29.3 Å². The second kappa shape index (κ2) is 5.51. The van der Waals surface area contributed by atoms with E-state index >= 15 is 0 Å². The van der Waals surface area contributed by atoms with Crippen LogP contribution >= 0.6 is 0 Å². The minimum atomic E-state index is 0.0637. The SMILES string of the molecule is COc1ccc(C2(C)CNCCN2C)cc1C(C)C. The molecule has 1 aliphatic heterocycles. The van der Waals surface area contributed by atoms with Crippen molar-refractivity contribution in [2.24, 2.45) is 0 Å². The van der Waals surface area contributed by atoms with Crippen LogP contribution < -0.4 is 10.1 Å². The summed E-state index contributed by atoms with van der Waals surface area (Å²) in [6, 6.07) is 6.62. The van der Waals surface area contributed by atoms with Gasteiger partial charge in [-0.05, 0) is 43.1 Å². The lowest BCUT2D eigenvalue weighted by Gasteiger charge is -2.43. The van der Waals surface area contributed by atoms with E-state index in [1.807, 2.05) is 0 Å². The Morgan fingerprint density at radius 3 is 2.68 bits per heavy atom. The molecule has 1 heterocycles. The Hall–Kier alpha value is -1.06. The zero-order valence-electron chi connectivity index (χ0n) is 12.8. The summed E-state index contributed by atoms with van der Waals surface area (Å²) < 4.78 is 5.48. The third-order valence-electron chi connectivity index (χ3n) is 4.41. The van der Waals surface area contributed by atoms with Gasteiger partial charge in [0.1, 0.15) is 5.75 Å². The molecular formula is C16H26N2O. The number of piperazine rings is 1. The van der Waals surface area contributed by atoms with Gasteiger partial charge in [0.2, 0.25) is 0 Å². The molecule has 1 saturated heterocycles. The highest BCUT2D eigenvalue weighted by Gasteiger charge is 2.34. The average molecular weight is 262 g/mol. The molecule has 1 N–H and O–H groups in total. The summed E-state index contributed by atoms with van der Waals surface area (Å²) >= 11 is 0. The molecule has 0 spiro atoms. The normalized spacial score (nSPS) is 24.7. The van der Waals surface area contributed by atoms with Crippen LogP contribution in [-0.2, 0) is 5.54 Å². The van der Waals surface area contributed by atoms with Crippen LogP contribution in [0, 0.1) is 0 Å². The fourth-order valence-electron chi connectivity index (χ4n) is 2.80. The monoisotopic (exact) mass is 262 g/mol. The number of benzene rings is 1. The first-order chi connectivity index (χ1) is 8.99. The van der Waals surface area contributed by atoms with Crippen molar-refractivity contribution in [1.82, 2.24) is 10.2 Å². The van der Waals surface area contributed by atoms with Gasteiger partial charge in [-0.15, -0.1) is 0 Å². The Morgan fingerprint density at radius 1 is 1.37 bits per heavy atom. The van der Waals surface area contributed by atoms with Crippen LogP contribution in [0.2, 0.25) is 0 Å². The molecule has 0 radical (unpaired) electrons. The van der Waals surface area contributed by atoms with Crippen molar-refractivity contribution < 1.29 is 4.74 Å². The van der Waals surface area contributed by atoms with Gasteiger partial charge in [0, 0.05) is 19.6 Å². The topological polar surface area (TPSA) is 24.5 Å². The number of rotatable bonds is 3. The smallest absolute Gasteiger partial charge is 0.122 e. The molecule has 1 aromatic carbocycles. The zero-order chi connectivity index (χ0) is 14.0. The predicted octanol–water partition coefficient (Wildman–Crippen LogP) is 2.57. The summed E-state index contributed by atoms with van der Waals surface area (Å²) in [5.41, 5.74) is 2.72. The van der Waals surface area contributed by atoms with Crippen molar-refractivity contribution in [3.8, 4) is 5.75 Å². The van der Waals surface area contributed by atoms with Crippen LogP contribution in [0.15, 0.2) is 18.2 Å². The molecule has 1 atom stereocenters. The lowest BCUT2D eigenvalue weighted by molar-refractivity contribution is 0.104. The fraction of sp³-hybridized carbons (Fsp3) is 0.625. The van der Waals surface area contributed by atoms with E-state index in [-0.39, 0.29) is 5.54 Å². The van der Waals surface area contributed by atoms with Crippen LogP contribution in [0.5, 0.6) is 5.75 Å². The van der Waals surface area contributed by atoms with E-state index in [1.54, 1.807) is 7.11 Å². The van der Waals surface area contributed by atoms with E-state index in [1.165, 1.54) is 11.1 Å². The Kier molecular flexibility index (Phi) is 4.16. The highest BCUT2D eigenvalue weighted by molar-refractivity contribution is 5.42. The van der Waals surface area contributed by atoms with Gasteiger partial charge in [-0.1, -0.05) is 19.9 Å². The first-order valence-corrected chi connectivity index (χ1v) is 7.09. The van der Waals surface area contributed by atoms with Gasteiger partial charge in [0.05, 0.1) is 12.6 Å². The number of nitrogens with one attached hydrogen (secondary N) is 1. The molecule has 1 unspecified atom stereocenters. The van der Waals surface area contributed by atoms with E-state index in [2.05, 4.69) is 56.2 Å². The van der Waals surface area contributed by atoms with Gasteiger partial charge in [-0.25, -0.2) is 0 Å². The minimum absolute atomic E-state index is 0.0637. The Balaban J connectivity index is 2.42. The molecule has 3 nitrogen and oxygen atoms in total. The minimum Gasteiger partial charge on any atom is -0.496 e. The van der Waals surface area contributed by atoms with E-state index in [9.17, 15) is 0 Å². The van der Waals surface area contributed by atoms with Gasteiger partial charge >= 0.3 is 0 Å². The number of nitrogens with zero attached hydrogens (tertiary/aromatic N) is 1. The Labute approximate surface area is 116 Å². The maximum atomic E-state index is 5.48. The molecule has 0 amide bonds. The third-order valence-corrected chi connectivity index (χ3v) is 4.41. The van der Waals surface area contributed by atoms with Gasteiger partial charge in [-0.2, -0.15) is 0 Å². The summed E-state index contributed by atoms with van der Waals surface area (Å²) in [5.74, 6) is 1.47. The second-order valence-corrected chi connectivity index (χ2v) is 5.98. The van der Waals surface area contributed by atoms with Crippen molar-refractivity contribution in [2.75, 3.05) is 33.8 Å². The number of hydrogen-bond donors (Lipinski definition) is 1. The molecule has 0 aromatic heterocycles. The first kappa shape index (κ1) is 14.4. The largest absolute Gasteiger partial charge is 0.496 e. The summed E-state index contributed by atoms with van der Waals surface area (Å²) in [6.45, 7) is 9.89. The summed E-state index contributed by atoms with van der Waals surface area (Å²) in [6.07, 6.45) is 0. The standard InChI is InChI=1S/C16H26N2O/c1-12(2)14-10-13(6-7-15(14)19-5)16(3)11-17-8-9-18(16)4/h6-7,10,12,17H,8-9,11H2,1-5H3. The predicted molar refractivity (Wildman–Crippen MR) is 79.9 cm³/mol. The fourth-order valence-corrected chi connectivity index (χ4v) is 2.80. The molecule has 0 saturated carbocycles. The quantitative estimate of drug-likeness (QED) is 0.906. The van der Waals surface area contributed by atoms with Gasteiger partial charge < -0.3 is 10.1 Å². The van der Waals surface area contributed by atoms with Crippen molar-refractivity contribution in [3.63, 3.8) is 0 Å². The lowest BCUT2D eigenvalue weighted by Crippen LogP contribution is -2.55. The molecule has 1 fully saturated rings. The first-order valence-electron chi connectivity index (χ1n) is 7.09. The van der Waals surface area contributed by atoms with Crippen molar-refractivity contribution in [1.29, 1.82) is 0 Å². The maximum Gasteiger partial charge on any atom is 0.122 e. The number of hydrogen-bond acceptors (Lipinski definition) is 3. The molecule has 0 aliphatic carbocycles. The van der Waals surface area contributed by atoms with Crippen LogP contribution in [-0.4, -0.2) is 38.7 Å². The van der Waals surface area contributed by atoms with E-state index in [0.29, 0.717) is 5.92 Å². The third kappa shape index (κ3) is 2.63. The molecule has 1 aromatic rings. The summed E-state index contributed by atoms with van der Waals surface area (Å²) in [7, 11) is 3.96. The molecule has 3 heteroatoms. The van der Waals surface area contributed by atoms with Crippen LogP contribution in [0.3, 0.4) is 0 Å². The van der Waals surface area contributed by atoms with Gasteiger partial charge in [0.25, 0.3) is 0 Å². The Bertz CT molecular complexity index is 444. The van der Waals surface area contributed by atoms with Crippen molar-refractivity contribution in [2.45, 2.75) is 32.2 Å². The highest BCUT2D eigenvalue weighted by atomic mass is 16.5. The van der Waals surface area contributed by atoms with E-state index in [4.69, 9.17) is 4.74 Å². The number of methoxy groups -OCH3 is 1. The molecule has 2 rings (SSSR count). The van der Waals surface area contributed by atoms with Crippen LogP contribution in [0.4, 0.5) is 0 Å². The zero-order valence-corrected chi connectivity index (χ0v) is 12.8. The van der Waals surface area contributed by atoms with Crippen LogP contribution in [0.25, 0.3) is 0 Å². The van der Waals surface area contributed by atoms with E-state index < -0.39 is 0 Å². The van der Waals surface area contributed by atoms with Crippen LogP contribution in [0.1, 0.15) is 37.8 Å². The van der Waals surface area contributed by atoms with Gasteiger partial charge in [-0.3, -0.25) is 4.90 Å². The second-order valence-electron chi connectivity index (χ2n) is 5.98. The highest BCUT2D eigenvalue weighted by Crippen LogP contribution is 2.34. The maximum absolute atomic E-state index is 5.48. The number of likely N-dealkylation sites (N-methyl/N-ethyl adjacent to an activating group) is 1. The lowest BCUT2D eigenvalue weighted by atomic mass is 9.86. The summed E-state index contributed by atoms with van der Waals surface area (Å²) in [4.78, 5) is 2.44. The summed E-state index contributed by atoms with van der Waals surface area (Å²) in [5, 5.41) is 3.51. The number of ether oxygens (including phenoxy) is 1. The molecule has 1 aliphatic rings. The molecular weight excluding hydrogens is 236 g/mol. The molecule has 106 valence electrons. The molecule has 0 bridgehead atoms.